The Morgan fingerprint density at radius 1 is 1.40 bits per heavy atom. The number of hydrogen-bond acceptors (Lipinski definition) is 3. The molecule has 1 aromatic carbocycles. The van der Waals surface area contributed by atoms with Gasteiger partial charge in [-0.2, -0.15) is 0 Å². The van der Waals surface area contributed by atoms with E-state index >= 15 is 0 Å². The van der Waals surface area contributed by atoms with Crippen LogP contribution in [0, 0.1) is 0 Å². The highest BCUT2D eigenvalue weighted by Crippen LogP contribution is 2.25. The van der Waals surface area contributed by atoms with Gasteiger partial charge in [-0.3, -0.25) is 4.90 Å². The Morgan fingerprint density at radius 2 is 2.15 bits per heavy atom. The zero-order chi connectivity index (χ0) is 14.5. The molecular weight excluding hydrogens is 254 g/mol. The van der Waals surface area contributed by atoms with Crippen molar-refractivity contribution in [3.63, 3.8) is 0 Å². The highest BCUT2D eigenvalue weighted by atomic mass is 16.5. The van der Waals surface area contributed by atoms with Gasteiger partial charge in [0, 0.05) is 18.6 Å². The molecule has 1 heterocycles. The summed E-state index contributed by atoms with van der Waals surface area (Å²) in [5, 5.41) is 9.11. The number of carbonyl (C=O) groups is 1. The average Bonchev–Trinajstić information content (AvgIpc) is 2.80. The van der Waals surface area contributed by atoms with Crippen LogP contribution in [0.4, 0.5) is 0 Å². The maximum Gasteiger partial charge on any atom is 0.339 e. The van der Waals surface area contributed by atoms with Crippen LogP contribution >= 0.6 is 0 Å². The third kappa shape index (κ3) is 3.31. The van der Waals surface area contributed by atoms with Crippen LogP contribution in [0.2, 0.25) is 0 Å². The zero-order valence-electron chi connectivity index (χ0n) is 12.2. The summed E-state index contributed by atoms with van der Waals surface area (Å²) in [6.45, 7) is 5.86. The first-order chi connectivity index (χ1) is 9.63. The molecule has 0 aromatic heterocycles. The third-order valence-corrected chi connectivity index (χ3v) is 4.15. The van der Waals surface area contributed by atoms with Gasteiger partial charge >= 0.3 is 5.97 Å². The molecule has 0 bridgehead atoms. The lowest BCUT2D eigenvalue weighted by Crippen LogP contribution is -2.37. The third-order valence-electron chi connectivity index (χ3n) is 4.15. The molecule has 4 heteroatoms. The van der Waals surface area contributed by atoms with Crippen molar-refractivity contribution in [3.05, 3.63) is 29.8 Å². The Labute approximate surface area is 120 Å². The lowest BCUT2D eigenvalue weighted by atomic mass is 10.1. The molecule has 1 fully saturated rings. The minimum Gasteiger partial charge on any atom is -0.491 e. The van der Waals surface area contributed by atoms with Crippen LogP contribution < -0.4 is 4.74 Å². The van der Waals surface area contributed by atoms with Gasteiger partial charge in [-0.05, 0) is 38.3 Å². The zero-order valence-corrected chi connectivity index (χ0v) is 12.2. The Balaban J connectivity index is 1.91. The maximum atomic E-state index is 11.1. The van der Waals surface area contributed by atoms with E-state index in [1.54, 1.807) is 24.3 Å². The lowest BCUT2D eigenvalue weighted by molar-refractivity contribution is 0.0691. The minimum absolute atomic E-state index is 0.231. The van der Waals surface area contributed by atoms with E-state index in [-0.39, 0.29) is 5.56 Å². The van der Waals surface area contributed by atoms with Crippen LogP contribution in [0.15, 0.2) is 24.3 Å². The van der Waals surface area contributed by atoms with Gasteiger partial charge in [0.2, 0.25) is 0 Å². The molecule has 1 N–H and O–H groups in total. The van der Waals surface area contributed by atoms with E-state index in [4.69, 9.17) is 9.84 Å². The van der Waals surface area contributed by atoms with Crippen LogP contribution in [0.1, 0.15) is 43.5 Å². The van der Waals surface area contributed by atoms with Crippen molar-refractivity contribution >= 4 is 5.97 Å². The molecule has 1 aromatic rings. The first-order valence-corrected chi connectivity index (χ1v) is 7.34. The first kappa shape index (κ1) is 14.9. The quantitative estimate of drug-likeness (QED) is 0.868. The molecule has 2 atom stereocenters. The van der Waals surface area contributed by atoms with Gasteiger partial charge < -0.3 is 9.84 Å². The normalized spacial score (nSPS) is 22.9. The SMILES string of the molecule is CCC1CCC(C)N1CCOc1ccccc1C(=O)O. The molecule has 0 radical (unpaired) electrons. The van der Waals surface area contributed by atoms with Gasteiger partial charge in [-0.15, -0.1) is 0 Å². The molecule has 4 nitrogen and oxygen atoms in total. The summed E-state index contributed by atoms with van der Waals surface area (Å²) in [5.74, 6) is -0.485. The van der Waals surface area contributed by atoms with E-state index in [0.29, 0.717) is 24.4 Å². The van der Waals surface area contributed by atoms with E-state index in [1.165, 1.54) is 12.8 Å². The summed E-state index contributed by atoms with van der Waals surface area (Å²) in [7, 11) is 0. The molecule has 0 aliphatic carbocycles. The molecule has 1 saturated heterocycles. The van der Waals surface area contributed by atoms with Crippen molar-refractivity contribution in [2.75, 3.05) is 13.2 Å². The Kier molecular flexibility index (Phi) is 5.01. The minimum atomic E-state index is -0.943. The van der Waals surface area contributed by atoms with E-state index in [0.717, 1.165) is 13.0 Å². The second-order valence-corrected chi connectivity index (χ2v) is 5.38. The Bertz CT molecular complexity index is 461. The lowest BCUT2D eigenvalue weighted by Gasteiger charge is -2.27. The van der Waals surface area contributed by atoms with Crippen LogP contribution in [-0.2, 0) is 0 Å². The van der Waals surface area contributed by atoms with Crippen molar-refractivity contribution in [2.45, 2.75) is 45.2 Å². The van der Waals surface area contributed by atoms with Crippen LogP contribution in [0.3, 0.4) is 0 Å². The molecule has 0 spiro atoms. The molecule has 1 aliphatic heterocycles. The summed E-state index contributed by atoms with van der Waals surface area (Å²) >= 11 is 0. The smallest absolute Gasteiger partial charge is 0.339 e. The summed E-state index contributed by atoms with van der Waals surface area (Å²) in [6.07, 6.45) is 3.66. The molecule has 2 rings (SSSR count). The molecule has 0 amide bonds. The predicted molar refractivity (Wildman–Crippen MR) is 78.4 cm³/mol. The number of aromatic carboxylic acids is 1. The molecule has 2 unspecified atom stereocenters. The van der Waals surface area contributed by atoms with Gasteiger partial charge in [0.05, 0.1) is 0 Å². The fourth-order valence-electron chi connectivity index (χ4n) is 3.00. The molecule has 20 heavy (non-hydrogen) atoms. The molecular formula is C16H23NO3. The summed E-state index contributed by atoms with van der Waals surface area (Å²) in [4.78, 5) is 13.6. The highest BCUT2D eigenvalue weighted by molar-refractivity contribution is 5.90. The van der Waals surface area contributed by atoms with Crippen molar-refractivity contribution in [1.29, 1.82) is 0 Å². The van der Waals surface area contributed by atoms with E-state index < -0.39 is 5.97 Å². The second-order valence-electron chi connectivity index (χ2n) is 5.38. The van der Waals surface area contributed by atoms with Crippen molar-refractivity contribution in [2.24, 2.45) is 0 Å². The van der Waals surface area contributed by atoms with Crippen LogP contribution in [0.5, 0.6) is 5.75 Å². The van der Waals surface area contributed by atoms with Gasteiger partial charge in [0.25, 0.3) is 0 Å². The number of nitrogens with zero attached hydrogens (tertiary/aromatic N) is 1. The molecule has 0 saturated carbocycles. The summed E-state index contributed by atoms with van der Waals surface area (Å²) in [5.41, 5.74) is 0.231. The maximum absolute atomic E-state index is 11.1. The number of carboxylic acids is 1. The fraction of sp³-hybridized carbons (Fsp3) is 0.562. The number of benzene rings is 1. The first-order valence-electron chi connectivity index (χ1n) is 7.34. The summed E-state index contributed by atoms with van der Waals surface area (Å²) < 4.78 is 5.68. The standard InChI is InChI=1S/C16H23NO3/c1-3-13-9-8-12(2)17(13)10-11-20-15-7-5-4-6-14(15)16(18)19/h4-7,12-13H,3,8-11H2,1-2H3,(H,18,19). The number of hydrogen-bond donors (Lipinski definition) is 1. The number of likely N-dealkylation sites (tertiary alicyclic amines) is 1. The Morgan fingerprint density at radius 3 is 2.85 bits per heavy atom. The second kappa shape index (κ2) is 6.75. The van der Waals surface area contributed by atoms with Gasteiger partial charge in [-0.25, -0.2) is 4.79 Å². The predicted octanol–water partition coefficient (Wildman–Crippen LogP) is 3.03. The highest BCUT2D eigenvalue weighted by Gasteiger charge is 2.28. The average molecular weight is 277 g/mol. The van der Waals surface area contributed by atoms with Crippen molar-refractivity contribution < 1.29 is 14.6 Å². The van der Waals surface area contributed by atoms with Gasteiger partial charge in [-0.1, -0.05) is 19.1 Å². The topological polar surface area (TPSA) is 49.8 Å². The van der Waals surface area contributed by atoms with Crippen LogP contribution in [0.25, 0.3) is 0 Å². The van der Waals surface area contributed by atoms with Crippen LogP contribution in [-0.4, -0.2) is 41.2 Å². The van der Waals surface area contributed by atoms with Crippen molar-refractivity contribution in [1.82, 2.24) is 4.90 Å². The fourth-order valence-corrected chi connectivity index (χ4v) is 3.00. The van der Waals surface area contributed by atoms with Gasteiger partial charge in [0.15, 0.2) is 0 Å². The summed E-state index contributed by atoms with van der Waals surface area (Å²) in [6, 6.07) is 8.04. The number of ether oxygens (including phenoxy) is 1. The van der Waals surface area contributed by atoms with E-state index in [1.807, 2.05) is 0 Å². The Hall–Kier alpha value is -1.55. The van der Waals surface area contributed by atoms with E-state index in [9.17, 15) is 4.79 Å². The monoisotopic (exact) mass is 277 g/mol. The van der Waals surface area contributed by atoms with Gasteiger partial charge in [0.1, 0.15) is 17.9 Å². The largest absolute Gasteiger partial charge is 0.491 e. The number of carboxylic acid groups (broad SMARTS) is 1. The number of rotatable bonds is 6. The molecule has 110 valence electrons. The van der Waals surface area contributed by atoms with E-state index in [2.05, 4.69) is 18.7 Å². The molecule has 1 aliphatic rings. The number of para-hydroxylation sites is 1. The van der Waals surface area contributed by atoms with Crippen molar-refractivity contribution in [3.8, 4) is 5.75 Å².